The minimum atomic E-state index is -1.11. The number of hydrogen-bond acceptors (Lipinski definition) is 6. The molecule has 6 atom stereocenters. The molecule has 0 radical (unpaired) electrons. The van der Waals surface area contributed by atoms with Gasteiger partial charge >= 0.3 is 0 Å². The van der Waals surface area contributed by atoms with Crippen LogP contribution in [0.25, 0.3) is 0 Å². The molecule has 0 amide bonds. The second-order valence-corrected chi connectivity index (χ2v) is 3.98. The zero-order valence-corrected chi connectivity index (χ0v) is 7.56. The monoisotopic (exact) mass is 205 g/mol. The lowest BCUT2D eigenvalue weighted by Crippen LogP contribution is -2.41. The van der Waals surface area contributed by atoms with Crippen LogP contribution in [0.4, 0.5) is 0 Å². The van der Waals surface area contributed by atoms with Gasteiger partial charge in [0.2, 0.25) is 0 Å². The van der Waals surface area contributed by atoms with E-state index in [0.29, 0.717) is 0 Å². The van der Waals surface area contributed by atoms with Gasteiger partial charge in [-0.25, -0.2) is 0 Å². The molecule has 0 aromatic heterocycles. The summed E-state index contributed by atoms with van der Waals surface area (Å²) in [5.41, 5.74) is 0. The third kappa shape index (κ3) is 1.19. The molecule has 2 saturated heterocycles. The maximum Gasteiger partial charge on any atom is 0.0996 e. The van der Waals surface area contributed by atoms with Crippen molar-refractivity contribution in [1.82, 2.24) is 4.90 Å². The molecule has 5 N–H and O–H groups in total. The Balaban J connectivity index is 2.21. The second-order valence-electron chi connectivity index (χ2n) is 3.98. The lowest BCUT2D eigenvalue weighted by molar-refractivity contribution is -0.0268. The summed E-state index contributed by atoms with van der Waals surface area (Å²) in [4.78, 5) is 1.56. The molecule has 0 unspecified atom stereocenters. The molecule has 0 aliphatic carbocycles. The van der Waals surface area contributed by atoms with Crippen molar-refractivity contribution >= 4 is 0 Å². The topological polar surface area (TPSA) is 104 Å². The highest BCUT2D eigenvalue weighted by atomic mass is 16.4. The Hall–Kier alpha value is -0.240. The van der Waals surface area contributed by atoms with Crippen LogP contribution in [0.1, 0.15) is 0 Å². The standard InChI is InChI=1S/C8H15NO5/c10-2-3-6(12)8(14)5-7(13)4(11)1-9(3)5/h3-8,10-14H,1-2H2/t3-,4+,5+,6+,7-,8+/m0/s1. The number of hydrogen-bond donors (Lipinski definition) is 5. The van der Waals surface area contributed by atoms with E-state index in [0.717, 1.165) is 0 Å². The Kier molecular flexibility index (Phi) is 2.50. The zero-order chi connectivity index (χ0) is 10.5. The Morgan fingerprint density at radius 3 is 2.21 bits per heavy atom. The summed E-state index contributed by atoms with van der Waals surface area (Å²) in [5.74, 6) is 0. The van der Waals surface area contributed by atoms with Crippen LogP contribution in [0.3, 0.4) is 0 Å². The number of aliphatic hydroxyl groups excluding tert-OH is 5. The Bertz CT molecular complexity index is 226. The number of rotatable bonds is 1. The molecule has 0 aromatic carbocycles. The Morgan fingerprint density at radius 2 is 1.64 bits per heavy atom. The molecule has 82 valence electrons. The van der Waals surface area contributed by atoms with E-state index in [-0.39, 0.29) is 13.2 Å². The summed E-state index contributed by atoms with van der Waals surface area (Å²) >= 11 is 0. The van der Waals surface area contributed by atoms with E-state index >= 15 is 0 Å². The molecule has 2 aliphatic rings. The summed E-state index contributed by atoms with van der Waals surface area (Å²) in [5, 5.41) is 47.0. The van der Waals surface area contributed by atoms with Crippen molar-refractivity contribution in [3.63, 3.8) is 0 Å². The summed E-state index contributed by atoms with van der Waals surface area (Å²) in [6, 6.07) is -1.26. The summed E-state index contributed by atoms with van der Waals surface area (Å²) in [6.45, 7) is -0.126. The van der Waals surface area contributed by atoms with Crippen LogP contribution in [0, 0.1) is 0 Å². The van der Waals surface area contributed by atoms with E-state index in [1.165, 1.54) is 0 Å². The van der Waals surface area contributed by atoms with E-state index in [4.69, 9.17) is 5.11 Å². The normalized spacial score (nSPS) is 53.8. The van der Waals surface area contributed by atoms with Gasteiger partial charge in [-0.1, -0.05) is 0 Å². The fourth-order valence-electron chi connectivity index (χ4n) is 2.46. The fourth-order valence-corrected chi connectivity index (χ4v) is 2.46. The summed E-state index contributed by atoms with van der Waals surface area (Å²) in [6.07, 6.45) is -4.15. The molecule has 2 heterocycles. The van der Waals surface area contributed by atoms with Crippen LogP contribution >= 0.6 is 0 Å². The van der Waals surface area contributed by atoms with E-state index in [1.54, 1.807) is 4.90 Å². The van der Waals surface area contributed by atoms with Gasteiger partial charge in [0.1, 0.15) is 0 Å². The van der Waals surface area contributed by atoms with Gasteiger partial charge in [-0.3, -0.25) is 4.90 Å². The van der Waals surface area contributed by atoms with Crippen molar-refractivity contribution in [3.8, 4) is 0 Å². The van der Waals surface area contributed by atoms with E-state index < -0.39 is 36.5 Å². The molecule has 0 spiro atoms. The number of aliphatic hydroxyl groups is 5. The Labute approximate surface area is 81.0 Å². The van der Waals surface area contributed by atoms with Crippen LogP contribution in [-0.4, -0.2) is 80.1 Å². The fraction of sp³-hybridized carbons (Fsp3) is 1.00. The molecule has 14 heavy (non-hydrogen) atoms. The third-order valence-electron chi connectivity index (χ3n) is 3.23. The van der Waals surface area contributed by atoms with Crippen LogP contribution in [-0.2, 0) is 0 Å². The quantitative estimate of drug-likeness (QED) is 0.304. The summed E-state index contributed by atoms with van der Waals surface area (Å²) in [7, 11) is 0. The van der Waals surface area contributed by atoms with Crippen molar-refractivity contribution in [3.05, 3.63) is 0 Å². The van der Waals surface area contributed by atoms with Gasteiger partial charge in [0.05, 0.1) is 43.1 Å². The van der Waals surface area contributed by atoms with Crippen LogP contribution in [0.15, 0.2) is 0 Å². The van der Waals surface area contributed by atoms with Crippen molar-refractivity contribution in [2.75, 3.05) is 13.2 Å². The molecular weight excluding hydrogens is 190 g/mol. The van der Waals surface area contributed by atoms with Gasteiger partial charge in [0, 0.05) is 6.54 Å². The van der Waals surface area contributed by atoms with Crippen molar-refractivity contribution in [2.24, 2.45) is 0 Å². The highest BCUT2D eigenvalue weighted by Gasteiger charge is 2.56. The van der Waals surface area contributed by atoms with E-state index in [9.17, 15) is 20.4 Å². The predicted octanol–water partition coefficient (Wildman–Crippen LogP) is -3.51. The van der Waals surface area contributed by atoms with Crippen molar-refractivity contribution < 1.29 is 25.5 Å². The summed E-state index contributed by atoms with van der Waals surface area (Å²) < 4.78 is 0. The van der Waals surface area contributed by atoms with Gasteiger partial charge in [-0.2, -0.15) is 0 Å². The molecule has 6 nitrogen and oxygen atoms in total. The molecular formula is C8H15NO5. The second kappa shape index (κ2) is 3.41. The van der Waals surface area contributed by atoms with Crippen LogP contribution < -0.4 is 0 Å². The zero-order valence-electron chi connectivity index (χ0n) is 7.56. The van der Waals surface area contributed by atoms with Gasteiger partial charge in [-0.15, -0.1) is 0 Å². The van der Waals surface area contributed by atoms with Crippen LogP contribution in [0.2, 0.25) is 0 Å². The molecule has 0 aromatic rings. The first-order valence-corrected chi connectivity index (χ1v) is 4.66. The average Bonchev–Trinajstić information content (AvgIpc) is 2.54. The first kappa shape index (κ1) is 10.3. The molecule has 6 heteroatoms. The molecule has 2 fully saturated rings. The molecule has 0 saturated carbocycles. The maximum absolute atomic E-state index is 9.58. The average molecular weight is 205 g/mol. The first-order chi connectivity index (χ1) is 6.57. The van der Waals surface area contributed by atoms with Gasteiger partial charge in [0.15, 0.2) is 0 Å². The van der Waals surface area contributed by atoms with Crippen LogP contribution in [0.5, 0.6) is 0 Å². The maximum atomic E-state index is 9.58. The highest BCUT2D eigenvalue weighted by Crippen LogP contribution is 2.33. The van der Waals surface area contributed by atoms with Gasteiger partial charge in [-0.05, 0) is 0 Å². The highest BCUT2D eigenvalue weighted by molar-refractivity contribution is 5.09. The van der Waals surface area contributed by atoms with Gasteiger partial charge in [0.25, 0.3) is 0 Å². The Morgan fingerprint density at radius 1 is 1.00 bits per heavy atom. The lowest BCUT2D eigenvalue weighted by atomic mass is 10.0. The largest absolute Gasteiger partial charge is 0.395 e. The van der Waals surface area contributed by atoms with Gasteiger partial charge < -0.3 is 25.5 Å². The minimum Gasteiger partial charge on any atom is -0.395 e. The minimum absolute atomic E-state index is 0.172. The first-order valence-electron chi connectivity index (χ1n) is 4.66. The lowest BCUT2D eigenvalue weighted by Gasteiger charge is -2.22. The molecule has 2 aliphatic heterocycles. The SMILES string of the molecule is OC[C@H]1[C@@H](O)[C@H](O)[C@H]2[C@@H](O)[C@H](O)CN21. The number of fused-ring (bicyclic) bond motifs is 1. The predicted molar refractivity (Wildman–Crippen MR) is 45.4 cm³/mol. The smallest absolute Gasteiger partial charge is 0.0996 e. The van der Waals surface area contributed by atoms with E-state index in [2.05, 4.69) is 0 Å². The molecule has 0 bridgehead atoms. The van der Waals surface area contributed by atoms with Crippen molar-refractivity contribution in [2.45, 2.75) is 36.5 Å². The van der Waals surface area contributed by atoms with E-state index in [1.807, 2.05) is 0 Å². The molecule has 2 rings (SSSR count). The van der Waals surface area contributed by atoms with Crippen molar-refractivity contribution in [1.29, 1.82) is 0 Å². The number of nitrogens with zero attached hydrogens (tertiary/aromatic N) is 1. The third-order valence-corrected chi connectivity index (χ3v) is 3.23.